The molecular weight excluding hydrogens is 202 g/mol. The van der Waals surface area contributed by atoms with Gasteiger partial charge >= 0.3 is 0 Å². The van der Waals surface area contributed by atoms with Gasteiger partial charge in [0.05, 0.1) is 11.9 Å². The van der Waals surface area contributed by atoms with E-state index in [1.54, 1.807) is 18.6 Å². The van der Waals surface area contributed by atoms with Crippen molar-refractivity contribution in [1.82, 2.24) is 25.3 Å². The number of rotatable bonds is 1. The Labute approximate surface area is 93.0 Å². The molecule has 1 aliphatic rings. The summed E-state index contributed by atoms with van der Waals surface area (Å²) in [5, 5.41) is 3.29. The SMILES string of the molecule is c1cnc(-c2ncc3c(n2)CCNC3)cn1. The maximum Gasteiger partial charge on any atom is 0.179 e. The second-order valence-corrected chi connectivity index (χ2v) is 3.68. The molecule has 0 bridgehead atoms. The molecule has 2 aromatic heterocycles. The summed E-state index contributed by atoms with van der Waals surface area (Å²) in [6.45, 7) is 1.83. The third-order valence-corrected chi connectivity index (χ3v) is 2.60. The van der Waals surface area contributed by atoms with Crippen LogP contribution in [0.5, 0.6) is 0 Å². The van der Waals surface area contributed by atoms with Crippen LogP contribution in [0.2, 0.25) is 0 Å². The van der Waals surface area contributed by atoms with Gasteiger partial charge in [0.1, 0.15) is 5.69 Å². The van der Waals surface area contributed by atoms with Crippen molar-refractivity contribution in [2.45, 2.75) is 13.0 Å². The zero-order chi connectivity index (χ0) is 10.8. The van der Waals surface area contributed by atoms with E-state index in [-0.39, 0.29) is 0 Å². The average Bonchev–Trinajstić information content (AvgIpc) is 2.39. The summed E-state index contributed by atoms with van der Waals surface area (Å²) in [5.74, 6) is 0.661. The van der Waals surface area contributed by atoms with Crippen molar-refractivity contribution >= 4 is 0 Å². The highest BCUT2D eigenvalue weighted by molar-refractivity contribution is 5.47. The van der Waals surface area contributed by atoms with Crippen molar-refractivity contribution in [3.8, 4) is 11.5 Å². The smallest absolute Gasteiger partial charge is 0.179 e. The fourth-order valence-corrected chi connectivity index (χ4v) is 1.77. The second kappa shape index (κ2) is 3.94. The van der Waals surface area contributed by atoms with E-state index in [1.165, 1.54) is 5.56 Å². The van der Waals surface area contributed by atoms with Crippen molar-refractivity contribution in [2.24, 2.45) is 0 Å². The lowest BCUT2D eigenvalue weighted by Gasteiger charge is -2.15. The van der Waals surface area contributed by atoms with Crippen LogP contribution in [0.3, 0.4) is 0 Å². The Morgan fingerprint density at radius 2 is 2.12 bits per heavy atom. The van der Waals surface area contributed by atoms with Crippen molar-refractivity contribution in [1.29, 1.82) is 0 Å². The van der Waals surface area contributed by atoms with E-state index >= 15 is 0 Å². The Bertz CT molecular complexity index is 497. The van der Waals surface area contributed by atoms with E-state index in [0.717, 1.165) is 30.9 Å². The number of aromatic nitrogens is 4. The molecule has 1 aliphatic heterocycles. The van der Waals surface area contributed by atoms with E-state index in [0.29, 0.717) is 5.82 Å². The Morgan fingerprint density at radius 3 is 3.00 bits per heavy atom. The summed E-state index contributed by atoms with van der Waals surface area (Å²) in [4.78, 5) is 17.1. The van der Waals surface area contributed by atoms with Crippen LogP contribution < -0.4 is 5.32 Å². The number of fused-ring (bicyclic) bond motifs is 1. The molecule has 80 valence electrons. The maximum atomic E-state index is 4.53. The molecule has 0 saturated heterocycles. The molecule has 0 unspecified atom stereocenters. The number of nitrogens with zero attached hydrogens (tertiary/aromatic N) is 4. The minimum Gasteiger partial charge on any atom is -0.312 e. The lowest BCUT2D eigenvalue weighted by Crippen LogP contribution is -2.25. The number of nitrogens with one attached hydrogen (secondary N) is 1. The van der Waals surface area contributed by atoms with Gasteiger partial charge in [0.2, 0.25) is 0 Å². The third kappa shape index (κ3) is 1.65. The largest absolute Gasteiger partial charge is 0.312 e. The molecule has 5 nitrogen and oxygen atoms in total. The van der Waals surface area contributed by atoms with Gasteiger partial charge in [0, 0.05) is 43.7 Å². The van der Waals surface area contributed by atoms with Gasteiger partial charge in [-0.2, -0.15) is 0 Å². The van der Waals surface area contributed by atoms with Crippen molar-refractivity contribution in [2.75, 3.05) is 6.54 Å². The lowest BCUT2D eigenvalue weighted by molar-refractivity contribution is 0.626. The van der Waals surface area contributed by atoms with Gasteiger partial charge in [-0.3, -0.25) is 4.98 Å². The molecule has 0 radical (unpaired) electrons. The fraction of sp³-hybridized carbons (Fsp3) is 0.273. The lowest BCUT2D eigenvalue weighted by atomic mass is 10.1. The molecule has 0 amide bonds. The van der Waals surface area contributed by atoms with Crippen LogP contribution in [-0.2, 0) is 13.0 Å². The fourth-order valence-electron chi connectivity index (χ4n) is 1.77. The highest BCUT2D eigenvalue weighted by Gasteiger charge is 2.12. The van der Waals surface area contributed by atoms with Crippen molar-refractivity contribution < 1.29 is 0 Å². The molecule has 0 aromatic carbocycles. The van der Waals surface area contributed by atoms with Crippen LogP contribution >= 0.6 is 0 Å². The zero-order valence-electron chi connectivity index (χ0n) is 8.72. The summed E-state index contributed by atoms with van der Waals surface area (Å²) in [5.41, 5.74) is 3.03. The summed E-state index contributed by atoms with van der Waals surface area (Å²) in [6.07, 6.45) is 7.80. The molecule has 0 saturated carbocycles. The topological polar surface area (TPSA) is 63.6 Å². The van der Waals surface area contributed by atoms with E-state index in [4.69, 9.17) is 0 Å². The maximum absolute atomic E-state index is 4.53. The van der Waals surface area contributed by atoms with Gasteiger partial charge in [0.25, 0.3) is 0 Å². The van der Waals surface area contributed by atoms with Crippen LogP contribution in [0.4, 0.5) is 0 Å². The first-order valence-corrected chi connectivity index (χ1v) is 5.25. The van der Waals surface area contributed by atoms with Crippen molar-refractivity contribution in [3.63, 3.8) is 0 Å². The van der Waals surface area contributed by atoms with E-state index in [1.807, 2.05) is 6.20 Å². The Morgan fingerprint density at radius 1 is 1.12 bits per heavy atom. The molecule has 0 atom stereocenters. The van der Waals surface area contributed by atoms with Crippen molar-refractivity contribution in [3.05, 3.63) is 36.0 Å². The quantitative estimate of drug-likeness (QED) is 0.750. The highest BCUT2D eigenvalue weighted by Crippen LogP contribution is 2.15. The monoisotopic (exact) mass is 213 g/mol. The summed E-state index contributed by atoms with van der Waals surface area (Å²) in [6, 6.07) is 0. The molecule has 3 rings (SSSR count). The number of hydrogen-bond acceptors (Lipinski definition) is 5. The summed E-state index contributed by atoms with van der Waals surface area (Å²) < 4.78 is 0. The van der Waals surface area contributed by atoms with Gasteiger partial charge < -0.3 is 5.32 Å². The van der Waals surface area contributed by atoms with Gasteiger partial charge in [-0.1, -0.05) is 0 Å². The van der Waals surface area contributed by atoms with Crippen LogP contribution in [0, 0.1) is 0 Å². The predicted molar refractivity (Wildman–Crippen MR) is 58.5 cm³/mol. The molecule has 5 heteroatoms. The van der Waals surface area contributed by atoms with Crippen LogP contribution in [-0.4, -0.2) is 26.5 Å². The van der Waals surface area contributed by atoms with Crippen LogP contribution in [0.25, 0.3) is 11.5 Å². The highest BCUT2D eigenvalue weighted by atomic mass is 15.0. The third-order valence-electron chi connectivity index (χ3n) is 2.60. The standard InChI is InChI=1S/C11H11N5/c1-2-12-5-8-6-15-11(16-9(1)8)10-7-13-3-4-14-10/h3-4,6-7,12H,1-2,5H2. The van der Waals surface area contributed by atoms with Gasteiger partial charge in [0.15, 0.2) is 5.82 Å². The van der Waals surface area contributed by atoms with Crippen LogP contribution in [0.1, 0.15) is 11.3 Å². The molecule has 16 heavy (non-hydrogen) atoms. The minimum atomic E-state index is 0.661. The van der Waals surface area contributed by atoms with Crippen LogP contribution in [0.15, 0.2) is 24.8 Å². The molecular formula is C11H11N5. The zero-order valence-corrected chi connectivity index (χ0v) is 8.72. The summed E-state index contributed by atoms with van der Waals surface area (Å²) >= 11 is 0. The second-order valence-electron chi connectivity index (χ2n) is 3.68. The first-order chi connectivity index (χ1) is 7.93. The van der Waals surface area contributed by atoms with Gasteiger partial charge in [-0.25, -0.2) is 15.0 Å². The molecule has 1 N–H and O–H groups in total. The summed E-state index contributed by atoms with van der Waals surface area (Å²) in [7, 11) is 0. The molecule has 3 heterocycles. The molecule has 0 aliphatic carbocycles. The van der Waals surface area contributed by atoms with E-state index in [2.05, 4.69) is 25.3 Å². The predicted octanol–water partition coefficient (Wildman–Crippen LogP) is 0.579. The Balaban J connectivity index is 2.03. The molecule has 2 aromatic rings. The average molecular weight is 213 g/mol. The van der Waals surface area contributed by atoms with Gasteiger partial charge in [-0.15, -0.1) is 0 Å². The first kappa shape index (κ1) is 9.35. The van der Waals surface area contributed by atoms with Gasteiger partial charge in [-0.05, 0) is 0 Å². The Hall–Kier alpha value is -1.88. The van der Waals surface area contributed by atoms with E-state index in [9.17, 15) is 0 Å². The number of hydrogen-bond donors (Lipinski definition) is 1. The Kier molecular flexibility index (Phi) is 2.30. The normalized spacial score (nSPS) is 14.5. The first-order valence-electron chi connectivity index (χ1n) is 5.25. The van der Waals surface area contributed by atoms with E-state index < -0.39 is 0 Å². The minimum absolute atomic E-state index is 0.661. The molecule has 0 spiro atoms. The molecule has 0 fully saturated rings.